The lowest BCUT2D eigenvalue weighted by molar-refractivity contribution is -0.130. The zero-order valence-corrected chi connectivity index (χ0v) is 19.5. The number of nitrogens with zero attached hydrogens (tertiary/aromatic N) is 4. The van der Waals surface area contributed by atoms with E-state index in [1.807, 2.05) is 35.0 Å². The fourth-order valence-corrected chi connectivity index (χ4v) is 4.95. The van der Waals surface area contributed by atoms with Crippen LogP contribution in [0.4, 0.5) is 8.78 Å². The van der Waals surface area contributed by atoms with Gasteiger partial charge in [-0.1, -0.05) is 6.07 Å². The van der Waals surface area contributed by atoms with Crippen molar-refractivity contribution in [3.8, 4) is 11.3 Å². The Balaban J connectivity index is 1.44. The van der Waals surface area contributed by atoms with Gasteiger partial charge in [0, 0.05) is 55.6 Å². The highest BCUT2D eigenvalue weighted by molar-refractivity contribution is 5.91. The molecule has 0 radical (unpaired) electrons. The predicted molar refractivity (Wildman–Crippen MR) is 129 cm³/mol. The number of rotatable bonds is 6. The van der Waals surface area contributed by atoms with Crippen LogP contribution in [0, 0.1) is 0 Å². The van der Waals surface area contributed by atoms with Crippen molar-refractivity contribution in [1.29, 1.82) is 0 Å². The molecule has 1 fully saturated rings. The fraction of sp³-hybridized carbons (Fsp3) is 0.385. The summed E-state index contributed by atoms with van der Waals surface area (Å²) in [6, 6.07) is 10.1. The molecule has 1 saturated heterocycles. The summed E-state index contributed by atoms with van der Waals surface area (Å²) in [7, 11) is 3.55. The minimum atomic E-state index is -2.44. The highest BCUT2D eigenvalue weighted by Gasteiger charge is 2.24. The van der Waals surface area contributed by atoms with Gasteiger partial charge in [-0.05, 0) is 67.2 Å². The second-order valence-corrected chi connectivity index (χ2v) is 9.33. The van der Waals surface area contributed by atoms with Crippen LogP contribution in [0.2, 0.25) is 0 Å². The molecule has 6 nitrogen and oxygen atoms in total. The molecule has 178 valence electrons. The Morgan fingerprint density at radius 2 is 1.97 bits per heavy atom. The molecule has 0 atom stereocenters. The van der Waals surface area contributed by atoms with E-state index < -0.39 is 6.43 Å². The first-order chi connectivity index (χ1) is 16.4. The number of carbonyl (C=O) groups excluding carboxylic acids is 1. The second kappa shape index (κ2) is 9.18. The summed E-state index contributed by atoms with van der Waals surface area (Å²) in [5.74, 6) is 0.471. The first-order valence-corrected chi connectivity index (χ1v) is 11.7. The lowest BCUT2D eigenvalue weighted by atomic mass is 9.88. The maximum Gasteiger partial charge on any atom is 0.242 e. The summed E-state index contributed by atoms with van der Waals surface area (Å²) >= 11 is 0. The molecule has 0 saturated carbocycles. The smallest absolute Gasteiger partial charge is 0.242 e. The van der Waals surface area contributed by atoms with Crippen LogP contribution in [0.5, 0.6) is 0 Å². The number of alkyl halides is 2. The van der Waals surface area contributed by atoms with Crippen LogP contribution < -0.4 is 0 Å². The third kappa shape index (κ3) is 4.42. The number of pyridine rings is 1. The zero-order chi connectivity index (χ0) is 23.8. The van der Waals surface area contributed by atoms with Gasteiger partial charge in [0.15, 0.2) is 0 Å². The van der Waals surface area contributed by atoms with Gasteiger partial charge in [-0.15, -0.1) is 0 Å². The third-order valence-corrected chi connectivity index (χ3v) is 6.89. The molecule has 1 N–H and O–H groups in total. The Labute approximate surface area is 197 Å². The molecule has 1 aromatic carbocycles. The van der Waals surface area contributed by atoms with Gasteiger partial charge in [-0.3, -0.25) is 9.69 Å². The first kappa shape index (κ1) is 22.5. The topological polar surface area (TPSA) is 56.6 Å². The van der Waals surface area contributed by atoms with Crippen molar-refractivity contribution in [2.24, 2.45) is 0 Å². The summed E-state index contributed by atoms with van der Waals surface area (Å²) < 4.78 is 29.1. The molecular formula is C26H29F2N5O. The number of halogens is 2. The van der Waals surface area contributed by atoms with Crippen molar-refractivity contribution < 1.29 is 13.6 Å². The molecule has 5 rings (SSSR count). The summed E-state index contributed by atoms with van der Waals surface area (Å²) in [5, 5.41) is 0.862. The molecule has 3 aromatic heterocycles. The summed E-state index contributed by atoms with van der Waals surface area (Å²) in [6.07, 6.45) is 4.64. The lowest BCUT2D eigenvalue weighted by Gasteiger charge is -2.32. The minimum absolute atomic E-state index is 0.116. The number of benzene rings is 1. The van der Waals surface area contributed by atoms with Crippen molar-refractivity contribution in [2.75, 3.05) is 33.7 Å². The van der Waals surface area contributed by atoms with Crippen molar-refractivity contribution >= 4 is 22.5 Å². The summed E-state index contributed by atoms with van der Waals surface area (Å²) in [5.41, 5.74) is 5.06. The van der Waals surface area contributed by atoms with Crippen LogP contribution in [0.25, 0.3) is 27.8 Å². The molecule has 8 heteroatoms. The van der Waals surface area contributed by atoms with Crippen LogP contribution in [0.3, 0.4) is 0 Å². The van der Waals surface area contributed by atoms with Crippen LogP contribution in [0.1, 0.15) is 29.9 Å². The van der Waals surface area contributed by atoms with Crippen LogP contribution in [-0.2, 0) is 11.2 Å². The van der Waals surface area contributed by atoms with E-state index in [1.54, 1.807) is 25.2 Å². The molecule has 0 aliphatic carbocycles. The molecule has 0 unspecified atom stereocenters. The molecule has 0 spiro atoms. The number of hydrogen-bond acceptors (Lipinski definition) is 3. The van der Waals surface area contributed by atoms with Gasteiger partial charge in [0.2, 0.25) is 12.3 Å². The Bertz CT molecular complexity index is 1320. The fourth-order valence-electron chi connectivity index (χ4n) is 4.95. The van der Waals surface area contributed by atoms with Gasteiger partial charge >= 0.3 is 0 Å². The maximum atomic E-state index is 13.6. The maximum absolute atomic E-state index is 13.6. The van der Waals surface area contributed by atoms with E-state index in [0.29, 0.717) is 18.0 Å². The number of hydrogen-bond donors (Lipinski definition) is 1. The molecule has 4 aromatic rings. The average Bonchev–Trinajstić information content (AvgIpc) is 3.43. The van der Waals surface area contributed by atoms with E-state index in [9.17, 15) is 13.6 Å². The highest BCUT2D eigenvalue weighted by atomic mass is 19.3. The number of nitrogens with one attached hydrogen (secondary N) is 1. The van der Waals surface area contributed by atoms with Gasteiger partial charge < -0.3 is 14.3 Å². The zero-order valence-electron chi connectivity index (χ0n) is 19.5. The Hall–Kier alpha value is -3.26. The summed E-state index contributed by atoms with van der Waals surface area (Å²) in [6.45, 7) is 2.16. The van der Waals surface area contributed by atoms with E-state index in [2.05, 4.69) is 27.0 Å². The molecule has 1 aliphatic heterocycles. The molecule has 4 heterocycles. The number of aromatic nitrogens is 3. The van der Waals surface area contributed by atoms with Crippen LogP contribution in [0.15, 0.2) is 48.9 Å². The normalized spacial score (nSPS) is 15.6. The van der Waals surface area contributed by atoms with E-state index in [0.717, 1.165) is 53.7 Å². The van der Waals surface area contributed by atoms with Gasteiger partial charge in [-0.25, -0.2) is 13.8 Å². The SMILES string of the molecule is CN(C)C(=O)CN1CCC(c2ccc3[nH]c(-c4ccn5ccnc5c4)c(CC(F)F)c3c2)CC1. The third-order valence-electron chi connectivity index (χ3n) is 6.89. The number of carbonyl (C=O) groups is 1. The number of piperidine rings is 1. The average molecular weight is 466 g/mol. The van der Waals surface area contributed by atoms with Crippen molar-refractivity contribution in [2.45, 2.75) is 31.6 Å². The Morgan fingerprint density at radius 1 is 1.18 bits per heavy atom. The predicted octanol–water partition coefficient (Wildman–Crippen LogP) is 4.56. The van der Waals surface area contributed by atoms with Gasteiger partial charge in [0.25, 0.3) is 0 Å². The van der Waals surface area contributed by atoms with E-state index in [-0.39, 0.29) is 12.3 Å². The number of aromatic amines is 1. The van der Waals surface area contributed by atoms with Gasteiger partial charge in [-0.2, -0.15) is 0 Å². The minimum Gasteiger partial charge on any atom is -0.354 e. The lowest BCUT2D eigenvalue weighted by Crippen LogP contribution is -2.40. The number of fused-ring (bicyclic) bond motifs is 2. The summed E-state index contributed by atoms with van der Waals surface area (Å²) in [4.78, 5) is 23.6. The molecular weight excluding hydrogens is 436 g/mol. The van der Waals surface area contributed by atoms with Gasteiger partial charge in [0.1, 0.15) is 5.65 Å². The Morgan fingerprint density at radius 3 is 2.71 bits per heavy atom. The van der Waals surface area contributed by atoms with E-state index >= 15 is 0 Å². The van der Waals surface area contributed by atoms with Crippen LogP contribution in [-0.4, -0.2) is 70.2 Å². The molecule has 1 amide bonds. The quantitative estimate of drug-likeness (QED) is 0.454. The van der Waals surface area contributed by atoms with E-state index in [1.165, 1.54) is 5.56 Å². The molecule has 34 heavy (non-hydrogen) atoms. The number of imidazole rings is 1. The van der Waals surface area contributed by atoms with Gasteiger partial charge in [0.05, 0.1) is 12.2 Å². The van der Waals surface area contributed by atoms with Crippen molar-refractivity contribution in [3.63, 3.8) is 0 Å². The standard InChI is InChI=1S/C26H29F2N5O/c1-31(2)25(34)16-32-9-5-17(6-10-32)18-3-4-22-20(13-18)21(15-23(27)28)26(30-22)19-7-11-33-12-8-29-24(33)14-19/h3-4,7-8,11-14,17,23,30H,5-6,9-10,15-16H2,1-2H3. The number of H-pyrrole nitrogens is 1. The first-order valence-electron chi connectivity index (χ1n) is 11.7. The van der Waals surface area contributed by atoms with Crippen molar-refractivity contribution in [3.05, 3.63) is 60.0 Å². The van der Waals surface area contributed by atoms with Crippen LogP contribution >= 0.6 is 0 Å². The van der Waals surface area contributed by atoms with Crippen molar-refractivity contribution in [1.82, 2.24) is 24.2 Å². The Kier molecular flexibility index (Phi) is 6.08. The number of likely N-dealkylation sites (N-methyl/N-ethyl adjacent to an activating group) is 1. The highest BCUT2D eigenvalue weighted by Crippen LogP contribution is 2.36. The molecule has 0 bridgehead atoms. The number of amides is 1. The van der Waals surface area contributed by atoms with E-state index in [4.69, 9.17) is 0 Å². The second-order valence-electron chi connectivity index (χ2n) is 9.33. The molecule has 1 aliphatic rings. The number of likely N-dealkylation sites (tertiary alicyclic amines) is 1. The largest absolute Gasteiger partial charge is 0.354 e. The monoisotopic (exact) mass is 465 g/mol.